The van der Waals surface area contributed by atoms with E-state index in [1.807, 2.05) is 35.0 Å². The molecule has 3 heterocycles. The van der Waals surface area contributed by atoms with E-state index in [1.54, 1.807) is 18.3 Å². The van der Waals surface area contributed by atoms with Gasteiger partial charge in [-0.05, 0) is 42.7 Å². The van der Waals surface area contributed by atoms with E-state index < -0.39 is 6.36 Å². The first-order chi connectivity index (χ1) is 14.0. The lowest BCUT2D eigenvalue weighted by Gasteiger charge is -2.11. The molecular formula is C22H16F3N3O. The number of halogens is 3. The SMILES string of the molecule is FC(F)(F)Oc1cccc(-c2nn3c(c2-c2ccnc4ccccc24)CCC3)c1. The van der Waals surface area contributed by atoms with Gasteiger partial charge in [0.15, 0.2) is 0 Å². The molecule has 0 amide bonds. The van der Waals surface area contributed by atoms with E-state index in [-0.39, 0.29) is 5.75 Å². The van der Waals surface area contributed by atoms with Crippen LogP contribution in [0.25, 0.3) is 33.3 Å². The Kier molecular flexibility index (Phi) is 4.04. The molecule has 29 heavy (non-hydrogen) atoms. The second-order valence-electron chi connectivity index (χ2n) is 6.95. The van der Waals surface area contributed by atoms with Crippen molar-refractivity contribution in [2.45, 2.75) is 25.7 Å². The molecule has 0 radical (unpaired) electrons. The lowest BCUT2D eigenvalue weighted by molar-refractivity contribution is -0.274. The van der Waals surface area contributed by atoms with Gasteiger partial charge in [0, 0.05) is 34.9 Å². The molecular weight excluding hydrogens is 379 g/mol. The molecule has 5 rings (SSSR count). The average Bonchev–Trinajstić information content (AvgIpc) is 3.28. The van der Waals surface area contributed by atoms with Gasteiger partial charge in [0.05, 0.1) is 5.52 Å². The summed E-state index contributed by atoms with van der Waals surface area (Å²) < 4.78 is 44.1. The van der Waals surface area contributed by atoms with Crippen molar-refractivity contribution in [3.05, 3.63) is 66.5 Å². The van der Waals surface area contributed by atoms with Crippen LogP contribution in [0.5, 0.6) is 5.75 Å². The zero-order chi connectivity index (χ0) is 20.0. The lowest BCUT2D eigenvalue weighted by Crippen LogP contribution is -2.17. The fourth-order valence-corrected chi connectivity index (χ4v) is 3.97. The van der Waals surface area contributed by atoms with Crippen molar-refractivity contribution >= 4 is 10.9 Å². The minimum Gasteiger partial charge on any atom is -0.406 e. The Morgan fingerprint density at radius 3 is 2.72 bits per heavy atom. The molecule has 0 saturated heterocycles. The number of alkyl halides is 3. The zero-order valence-corrected chi connectivity index (χ0v) is 15.3. The summed E-state index contributed by atoms with van der Waals surface area (Å²) in [4.78, 5) is 4.43. The van der Waals surface area contributed by atoms with Crippen molar-refractivity contribution in [2.75, 3.05) is 0 Å². The van der Waals surface area contributed by atoms with Crippen LogP contribution in [0.15, 0.2) is 60.8 Å². The maximum Gasteiger partial charge on any atom is 0.573 e. The molecule has 0 bridgehead atoms. The van der Waals surface area contributed by atoms with Gasteiger partial charge in [-0.1, -0.05) is 30.3 Å². The van der Waals surface area contributed by atoms with Crippen molar-refractivity contribution in [3.8, 4) is 28.1 Å². The molecule has 2 aromatic heterocycles. The first kappa shape index (κ1) is 17.7. The van der Waals surface area contributed by atoms with Crippen LogP contribution in [-0.2, 0) is 13.0 Å². The maximum absolute atomic E-state index is 12.7. The number of rotatable bonds is 3. The predicted molar refractivity (Wildman–Crippen MR) is 103 cm³/mol. The number of aryl methyl sites for hydroxylation is 1. The predicted octanol–water partition coefficient (Wildman–Crippen LogP) is 5.61. The third-order valence-corrected chi connectivity index (χ3v) is 5.10. The highest BCUT2D eigenvalue weighted by Crippen LogP contribution is 2.41. The van der Waals surface area contributed by atoms with Crippen LogP contribution < -0.4 is 4.74 Å². The number of hydrogen-bond acceptors (Lipinski definition) is 3. The summed E-state index contributed by atoms with van der Waals surface area (Å²) in [5.74, 6) is -0.256. The van der Waals surface area contributed by atoms with E-state index in [1.165, 1.54) is 12.1 Å². The summed E-state index contributed by atoms with van der Waals surface area (Å²) in [5, 5.41) is 5.73. The van der Waals surface area contributed by atoms with E-state index in [4.69, 9.17) is 5.10 Å². The van der Waals surface area contributed by atoms with Gasteiger partial charge in [-0.15, -0.1) is 13.2 Å². The van der Waals surface area contributed by atoms with Gasteiger partial charge < -0.3 is 4.74 Å². The largest absolute Gasteiger partial charge is 0.573 e. The number of ether oxygens (including phenoxy) is 1. The highest BCUT2D eigenvalue weighted by molar-refractivity contribution is 5.99. The van der Waals surface area contributed by atoms with E-state index >= 15 is 0 Å². The molecule has 0 spiro atoms. The minimum absolute atomic E-state index is 0.256. The van der Waals surface area contributed by atoms with E-state index in [2.05, 4.69) is 9.72 Å². The highest BCUT2D eigenvalue weighted by atomic mass is 19.4. The summed E-state index contributed by atoms with van der Waals surface area (Å²) in [7, 11) is 0. The van der Waals surface area contributed by atoms with Crippen LogP contribution in [0.2, 0.25) is 0 Å². The number of aromatic nitrogens is 3. The zero-order valence-electron chi connectivity index (χ0n) is 15.3. The van der Waals surface area contributed by atoms with Gasteiger partial charge in [-0.3, -0.25) is 9.67 Å². The Morgan fingerprint density at radius 2 is 1.86 bits per heavy atom. The van der Waals surface area contributed by atoms with Crippen molar-refractivity contribution in [1.29, 1.82) is 0 Å². The van der Waals surface area contributed by atoms with Gasteiger partial charge >= 0.3 is 6.36 Å². The molecule has 4 nitrogen and oxygen atoms in total. The van der Waals surface area contributed by atoms with Gasteiger partial charge in [-0.2, -0.15) is 5.10 Å². The first-order valence-electron chi connectivity index (χ1n) is 9.29. The Bertz CT molecular complexity index is 1210. The summed E-state index contributed by atoms with van der Waals surface area (Å²) in [5.41, 5.74) is 5.14. The standard InChI is InChI=1S/C22H16F3N3O/c23-22(24,25)29-15-6-3-5-14(13-15)21-20(19-9-4-12-28(19)27-21)17-10-11-26-18-8-2-1-7-16(17)18/h1-3,5-8,10-11,13H,4,9,12H2. The topological polar surface area (TPSA) is 39.9 Å². The van der Waals surface area contributed by atoms with E-state index in [9.17, 15) is 13.2 Å². The normalized spacial score (nSPS) is 13.6. The number of benzene rings is 2. The van der Waals surface area contributed by atoms with Gasteiger partial charge in [-0.25, -0.2) is 0 Å². The summed E-state index contributed by atoms with van der Waals surface area (Å²) in [6.45, 7) is 0.796. The molecule has 0 atom stereocenters. The third-order valence-electron chi connectivity index (χ3n) is 5.10. The smallest absolute Gasteiger partial charge is 0.406 e. The molecule has 1 aliphatic heterocycles. The molecule has 0 aliphatic carbocycles. The molecule has 7 heteroatoms. The van der Waals surface area contributed by atoms with Crippen molar-refractivity contribution in [2.24, 2.45) is 0 Å². The minimum atomic E-state index is -4.74. The third kappa shape index (κ3) is 3.22. The lowest BCUT2D eigenvalue weighted by atomic mass is 9.95. The molecule has 0 fully saturated rings. The molecule has 2 aromatic carbocycles. The summed E-state index contributed by atoms with van der Waals surface area (Å²) in [6.07, 6.45) is -1.12. The van der Waals surface area contributed by atoms with Crippen molar-refractivity contribution < 1.29 is 17.9 Å². The Hall–Kier alpha value is -3.35. The Morgan fingerprint density at radius 1 is 1.00 bits per heavy atom. The number of nitrogens with zero attached hydrogens (tertiary/aromatic N) is 3. The molecule has 4 aromatic rings. The molecule has 0 unspecified atom stereocenters. The quantitative estimate of drug-likeness (QED) is 0.453. The van der Waals surface area contributed by atoms with E-state index in [0.717, 1.165) is 47.1 Å². The van der Waals surface area contributed by atoms with Crippen LogP contribution >= 0.6 is 0 Å². The molecule has 146 valence electrons. The maximum atomic E-state index is 12.7. The van der Waals surface area contributed by atoms with Gasteiger partial charge in [0.25, 0.3) is 0 Å². The first-order valence-corrected chi connectivity index (χ1v) is 9.29. The Balaban J connectivity index is 1.72. The second-order valence-corrected chi connectivity index (χ2v) is 6.95. The van der Waals surface area contributed by atoms with Crippen LogP contribution in [0, 0.1) is 0 Å². The molecule has 1 aliphatic rings. The van der Waals surface area contributed by atoms with Crippen molar-refractivity contribution in [3.63, 3.8) is 0 Å². The summed E-state index contributed by atoms with van der Waals surface area (Å²) in [6, 6.07) is 15.8. The summed E-state index contributed by atoms with van der Waals surface area (Å²) >= 11 is 0. The van der Waals surface area contributed by atoms with Gasteiger partial charge in [0.2, 0.25) is 0 Å². The second kappa shape index (κ2) is 6.62. The van der Waals surface area contributed by atoms with Crippen LogP contribution in [0.1, 0.15) is 12.1 Å². The van der Waals surface area contributed by atoms with Crippen molar-refractivity contribution in [1.82, 2.24) is 14.8 Å². The number of hydrogen-bond donors (Lipinski definition) is 0. The van der Waals surface area contributed by atoms with E-state index in [0.29, 0.717) is 11.3 Å². The number of fused-ring (bicyclic) bond motifs is 2. The molecule has 0 saturated carbocycles. The van der Waals surface area contributed by atoms with Crippen LogP contribution in [0.4, 0.5) is 13.2 Å². The van der Waals surface area contributed by atoms with Crippen LogP contribution in [0.3, 0.4) is 0 Å². The fraction of sp³-hybridized carbons (Fsp3) is 0.182. The monoisotopic (exact) mass is 395 g/mol. The average molecular weight is 395 g/mol. The number of pyridine rings is 1. The number of para-hydroxylation sites is 1. The Labute approximate surface area is 164 Å². The van der Waals surface area contributed by atoms with Gasteiger partial charge in [0.1, 0.15) is 11.4 Å². The highest BCUT2D eigenvalue weighted by Gasteiger charge is 2.31. The van der Waals surface area contributed by atoms with Crippen LogP contribution in [-0.4, -0.2) is 21.1 Å². The molecule has 0 N–H and O–H groups in total. The fourth-order valence-electron chi connectivity index (χ4n) is 3.97.